The number of hydrogen-bond donors (Lipinski definition) is 1. The van der Waals surface area contributed by atoms with Crippen LogP contribution in [0.5, 0.6) is 5.75 Å². The molecule has 0 aliphatic heterocycles. The minimum atomic E-state index is -0.113. The smallest absolute Gasteiger partial charge is 0.256 e. The number of benzene rings is 3. The number of amides is 1. The molecule has 3 rings (SSSR count). The summed E-state index contributed by atoms with van der Waals surface area (Å²) in [6, 6.07) is 23.8. The lowest BCUT2D eigenvalue weighted by atomic mass is 9.99. The maximum absolute atomic E-state index is 12.9. The van der Waals surface area contributed by atoms with Crippen molar-refractivity contribution in [3.8, 4) is 5.75 Å². The summed E-state index contributed by atoms with van der Waals surface area (Å²) in [5.74, 6) is 0.545. The summed E-state index contributed by atoms with van der Waals surface area (Å²) in [5.41, 5.74) is 4.77. The van der Waals surface area contributed by atoms with Crippen LogP contribution in [0.3, 0.4) is 0 Å². The SMILES string of the molecule is COc1ccc(C)cc1NC(=O)c1ccccc1CCc1ccccc1. The van der Waals surface area contributed by atoms with E-state index in [-0.39, 0.29) is 5.91 Å². The standard InChI is InChI=1S/C23H23NO2/c1-17-12-15-22(26-2)21(16-17)24-23(25)20-11-7-6-10-19(20)14-13-18-8-4-3-5-9-18/h3-12,15-16H,13-14H2,1-2H3,(H,24,25). The molecule has 0 unspecified atom stereocenters. The highest BCUT2D eigenvalue weighted by molar-refractivity contribution is 6.06. The first-order valence-electron chi connectivity index (χ1n) is 8.75. The number of hydrogen-bond acceptors (Lipinski definition) is 2. The number of carbonyl (C=O) groups excluding carboxylic acids is 1. The first kappa shape index (κ1) is 17.7. The molecule has 0 aliphatic rings. The summed E-state index contributed by atoms with van der Waals surface area (Å²) in [5, 5.41) is 2.99. The van der Waals surface area contributed by atoms with Crippen molar-refractivity contribution in [1.82, 2.24) is 0 Å². The number of methoxy groups -OCH3 is 1. The number of aryl methyl sites for hydroxylation is 3. The van der Waals surface area contributed by atoms with Gasteiger partial charge in [0, 0.05) is 5.56 Å². The molecule has 0 saturated carbocycles. The molecule has 0 aromatic heterocycles. The van der Waals surface area contributed by atoms with Gasteiger partial charge in [0.05, 0.1) is 12.8 Å². The Hall–Kier alpha value is -3.07. The average molecular weight is 345 g/mol. The van der Waals surface area contributed by atoms with E-state index in [9.17, 15) is 4.79 Å². The Morgan fingerprint density at radius 2 is 1.65 bits per heavy atom. The highest BCUT2D eigenvalue weighted by atomic mass is 16.5. The molecule has 1 amide bonds. The predicted molar refractivity (Wildman–Crippen MR) is 106 cm³/mol. The Morgan fingerprint density at radius 3 is 2.42 bits per heavy atom. The highest BCUT2D eigenvalue weighted by Crippen LogP contribution is 2.26. The molecule has 132 valence electrons. The van der Waals surface area contributed by atoms with E-state index >= 15 is 0 Å². The van der Waals surface area contributed by atoms with Crippen LogP contribution < -0.4 is 10.1 Å². The fourth-order valence-corrected chi connectivity index (χ4v) is 2.99. The van der Waals surface area contributed by atoms with Crippen molar-refractivity contribution < 1.29 is 9.53 Å². The molecule has 3 heteroatoms. The van der Waals surface area contributed by atoms with Gasteiger partial charge in [-0.15, -0.1) is 0 Å². The van der Waals surface area contributed by atoms with Gasteiger partial charge in [0.1, 0.15) is 5.75 Å². The molecular weight excluding hydrogens is 322 g/mol. The highest BCUT2D eigenvalue weighted by Gasteiger charge is 2.13. The summed E-state index contributed by atoms with van der Waals surface area (Å²) in [6.45, 7) is 1.99. The largest absolute Gasteiger partial charge is 0.495 e. The zero-order chi connectivity index (χ0) is 18.4. The molecule has 3 aromatic rings. The van der Waals surface area contributed by atoms with E-state index in [1.165, 1.54) is 5.56 Å². The van der Waals surface area contributed by atoms with E-state index in [0.29, 0.717) is 17.0 Å². The van der Waals surface area contributed by atoms with Crippen LogP contribution in [0.4, 0.5) is 5.69 Å². The molecule has 26 heavy (non-hydrogen) atoms. The number of nitrogens with one attached hydrogen (secondary N) is 1. The van der Waals surface area contributed by atoms with Gasteiger partial charge in [-0.1, -0.05) is 54.6 Å². The molecule has 0 fully saturated rings. The van der Waals surface area contributed by atoms with Crippen LogP contribution in [0.15, 0.2) is 72.8 Å². The van der Waals surface area contributed by atoms with Crippen molar-refractivity contribution in [2.24, 2.45) is 0 Å². The van der Waals surface area contributed by atoms with Gasteiger partial charge < -0.3 is 10.1 Å². The van der Waals surface area contributed by atoms with E-state index < -0.39 is 0 Å². The van der Waals surface area contributed by atoms with Crippen LogP contribution in [0.1, 0.15) is 27.0 Å². The van der Waals surface area contributed by atoms with E-state index in [0.717, 1.165) is 24.0 Å². The molecule has 0 atom stereocenters. The number of ether oxygens (including phenoxy) is 1. The Morgan fingerprint density at radius 1 is 0.923 bits per heavy atom. The monoisotopic (exact) mass is 345 g/mol. The van der Waals surface area contributed by atoms with Crippen LogP contribution in [0.25, 0.3) is 0 Å². The fraction of sp³-hybridized carbons (Fsp3) is 0.174. The summed E-state index contributed by atoms with van der Waals surface area (Å²) >= 11 is 0. The molecule has 0 aliphatic carbocycles. The topological polar surface area (TPSA) is 38.3 Å². The maximum atomic E-state index is 12.9. The Bertz CT molecular complexity index is 888. The van der Waals surface area contributed by atoms with Gasteiger partial charge in [0.15, 0.2) is 0 Å². The summed E-state index contributed by atoms with van der Waals surface area (Å²) in [6.07, 6.45) is 1.72. The Labute approximate surface area is 154 Å². The van der Waals surface area contributed by atoms with Crippen molar-refractivity contribution in [2.75, 3.05) is 12.4 Å². The third-order valence-electron chi connectivity index (χ3n) is 4.39. The van der Waals surface area contributed by atoms with Crippen LogP contribution >= 0.6 is 0 Å². The van der Waals surface area contributed by atoms with Crippen molar-refractivity contribution in [1.29, 1.82) is 0 Å². The molecule has 3 aromatic carbocycles. The molecule has 0 spiro atoms. The normalized spacial score (nSPS) is 10.4. The first-order valence-corrected chi connectivity index (χ1v) is 8.75. The molecule has 1 N–H and O–H groups in total. The summed E-state index contributed by atoms with van der Waals surface area (Å²) in [7, 11) is 1.61. The van der Waals surface area contributed by atoms with Crippen molar-refractivity contribution in [3.63, 3.8) is 0 Å². The zero-order valence-corrected chi connectivity index (χ0v) is 15.2. The number of rotatable bonds is 6. The predicted octanol–water partition coefficient (Wildman–Crippen LogP) is 5.04. The third kappa shape index (κ3) is 4.31. The van der Waals surface area contributed by atoms with Crippen LogP contribution in [0, 0.1) is 6.92 Å². The van der Waals surface area contributed by atoms with E-state index in [2.05, 4.69) is 17.4 Å². The molecule has 0 radical (unpaired) electrons. The maximum Gasteiger partial charge on any atom is 0.256 e. The van der Waals surface area contributed by atoms with Gasteiger partial charge >= 0.3 is 0 Å². The lowest BCUT2D eigenvalue weighted by Gasteiger charge is -2.13. The molecule has 0 saturated heterocycles. The second-order valence-electron chi connectivity index (χ2n) is 6.30. The van der Waals surface area contributed by atoms with E-state index in [1.807, 2.05) is 67.6 Å². The van der Waals surface area contributed by atoms with Crippen LogP contribution in [-0.2, 0) is 12.8 Å². The minimum absolute atomic E-state index is 0.113. The number of anilines is 1. The first-order chi connectivity index (χ1) is 12.7. The van der Waals surface area contributed by atoms with E-state index in [4.69, 9.17) is 4.74 Å². The molecular formula is C23H23NO2. The van der Waals surface area contributed by atoms with E-state index in [1.54, 1.807) is 7.11 Å². The Kier molecular flexibility index (Phi) is 5.69. The zero-order valence-electron chi connectivity index (χ0n) is 15.2. The lowest BCUT2D eigenvalue weighted by molar-refractivity contribution is 0.102. The van der Waals surface area contributed by atoms with Gasteiger partial charge in [-0.2, -0.15) is 0 Å². The molecule has 3 nitrogen and oxygen atoms in total. The Balaban J connectivity index is 1.79. The molecule has 0 heterocycles. The van der Waals surface area contributed by atoms with Gasteiger partial charge in [-0.25, -0.2) is 0 Å². The second kappa shape index (κ2) is 8.34. The molecule has 0 bridgehead atoms. The van der Waals surface area contributed by atoms with Crippen LogP contribution in [-0.4, -0.2) is 13.0 Å². The average Bonchev–Trinajstić information content (AvgIpc) is 2.67. The van der Waals surface area contributed by atoms with Crippen molar-refractivity contribution in [3.05, 3.63) is 95.1 Å². The minimum Gasteiger partial charge on any atom is -0.495 e. The van der Waals surface area contributed by atoms with Gasteiger partial charge in [0.25, 0.3) is 5.91 Å². The summed E-state index contributed by atoms with van der Waals surface area (Å²) in [4.78, 5) is 12.9. The lowest BCUT2D eigenvalue weighted by Crippen LogP contribution is -2.15. The van der Waals surface area contributed by atoms with Crippen LogP contribution in [0.2, 0.25) is 0 Å². The quantitative estimate of drug-likeness (QED) is 0.679. The van der Waals surface area contributed by atoms with Crippen molar-refractivity contribution >= 4 is 11.6 Å². The second-order valence-corrected chi connectivity index (χ2v) is 6.30. The van der Waals surface area contributed by atoms with Gasteiger partial charge in [-0.3, -0.25) is 4.79 Å². The summed E-state index contributed by atoms with van der Waals surface area (Å²) < 4.78 is 5.36. The fourth-order valence-electron chi connectivity index (χ4n) is 2.99. The van der Waals surface area contributed by atoms with Gasteiger partial charge in [-0.05, 0) is 54.7 Å². The van der Waals surface area contributed by atoms with Crippen molar-refractivity contribution in [2.45, 2.75) is 19.8 Å². The number of carbonyl (C=O) groups is 1. The third-order valence-corrected chi connectivity index (χ3v) is 4.39. The van der Waals surface area contributed by atoms with Gasteiger partial charge in [0.2, 0.25) is 0 Å².